The molecule has 0 aromatic heterocycles. The van der Waals surface area contributed by atoms with Crippen molar-refractivity contribution in [3.05, 3.63) is 58.7 Å². The lowest BCUT2D eigenvalue weighted by atomic mass is 9.78. The normalized spacial score (nSPS) is 14.3. The van der Waals surface area contributed by atoms with Crippen LogP contribution in [0.3, 0.4) is 0 Å². The van der Waals surface area contributed by atoms with E-state index in [9.17, 15) is 22.4 Å². The van der Waals surface area contributed by atoms with E-state index >= 15 is 0 Å². The van der Waals surface area contributed by atoms with Gasteiger partial charge in [-0.2, -0.15) is 8.78 Å². The van der Waals surface area contributed by atoms with Crippen LogP contribution in [-0.4, -0.2) is 30.0 Å². The van der Waals surface area contributed by atoms with Crippen LogP contribution >= 0.6 is 0 Å². The van der Waals surface area contributed by atoms with Gasteiger partial charge in [0.2, 0.25) is 0 Å². The van der Waals surface area contributed by atoms with E-state index in [1.165, 1.54) is 0 Å². The van der Waals surface area contributed by atoms with Crippen molar-refractivity contribution in [2.24, 2.45) is 0 Å². The minimum atomic E-state index is -4.29. The summed E-state index contributed by atoms with van der Waals surface area (Å²) in [5.41, 5.74) is 2.48. The van der Waals surface area contributed by atoms with Crippen molar-refractivity contribution < 1.29 is 32.2 Å². The van der Waals surface area contributed by atoms with E-state index in [2.05, 4.69) is 0 Å². The van der Waals surface area contributed by atoms with Crippen molar-refractivity contribution in [1.82, 2.24) is 0 Å². The molecule has 1 aromatic carbocycles. The highest BCUT2D eigenvalue weighted by Gasteiger charge is 2.42. The Bertz CT molecular complexity index is 944. The highest BCUT2D eigenvalue weighted by Crippen LogP contribution is 2.41. The average Bonchev–Trinajstić information content (AvgIpc) is 2.63. The van der Waals surface area contributed by atoms with Crippen LogP contribution in [0.5, 0.6) is 5.75 Å². The first kappa shape index (κ1) is 28.5. The van der Waals surface area contributed by atoms with Gasteiger partial charge in [-0.3, -0.25) is 0 Å². The fraction of sp³-hybridized carbons (Fsp3) is 0.500. The minimum Gasteiger partial charge on any atom is -0.486 e. The monoisotopic (exact) mass is 470 g/mol. The lowest BCUT2D eigenvalue weighted by Crippen LogP contribution is -2.34. The van der Waals surface area contributed by atoms with Crippen molar-refractivity contribution in [2.75, 3.05) is 6.61 Å². The number of rotatable bonds is 8. The second-order valence-corrected chi connectivity index (χ2v) is 10.2. The molecule has 0 atom stereocenters. The van der Waals surface area contributed by atoms with Gasteiger partial charge in [-0.15, -0.1) is 0 Å². The molecule has 1 aromatic rings. The molecule has 184 valence electrons. The Kier molecular flexibility index (Phi) is 9.12. The van der Waals surface area contributed by atoms with Crippen molar-refractivity contribution >= 4 is 11.5 Å². The van der Waals surface area contributed by atoms with Crippen LogP contribution in [-0.2, 0) is 15.6 Å². The largest absolute Gasteiger partial charge is 0.486 e. The first-order valence-corrected chi connectivity index (χ1v) is 10.6. The van der Waals surface area contributed by atoms with Gasteiger partial charge in [0.1, 0.15) is 5.75 Å². The van der Waals surface area contributed by atoms with Crippen LogP contribution in [0.1, 0.15) is 72.1 Å². The molecule has 0 aliphatic heterocycles. The highest BCUT2D eigenvalue weighted by molar-refractivity contribution is 5.81. The molecule has 1 N–H and O–H groups in total. The van der Waals surface area contributed by atoms with E-state index < -0.39 is 30.3 Å². The molecule has 7 heteroatoms. The number of halogens is 4. The summed E-state index contributed by atoms with van der Waals surface area (Å²) in [5.74, 6) is -5.22. The number of carboxylic acid groups (broad SMARTS) is 1. The molecule has 33 heavy (non-hydrogen) atoms. The maximum absolute atomic E-state index is 13.7. The molecule has 0 amide bonds. The molecule has 0 aliphatic rings. The number of hydrogen-bond donors (Lipinski definition) is 1. The Hall–Kier alpha value is -2.57. The lowest BCUT2D eigenvalue weighted by Gasteiger charge is -2.30. The number of allylic oxidation sites excluding steroid dienone is 5. The highest BCUT2D eigenvalue weighted by atomic mass is 19.3. The van der Waals surface area contributed by atoms with Gasteiger partial charge in [0.15, 0.2) is 6.61 Å². The molecule has 0 spiro atoms. The maximum atomic E-state index is 13.7. The third-order valence-electron chi connectivity index (χ3n) is 4.97. The Morgan fingerprint density at radius 2 is 1.64 bits per heavy atom. The number of benzene rings is 1. The summed E-state index contributed by atoms with van der Waals surface area (Å²) in [6, 6.07) is 3.70. The second kappa shape index (κ2) is 10.6. The molecule has 3 nitrogen and oxygen atoms in total. The van der Waals surface area contributed by atoms with Crippen LogP contribution in [0.4, 0.5) is 17.6 Å². The first-order valence-electron chi connectivity index (χ1n) is 10.6. The standard InChI is InChI=1S/C26H34F4O3/c1-16(12-21(31)32)10-9-11-17(2)19-13-18(24(3,4)5)14-20(25(6,7)8)22(19)33-15-26(29,30)23(27)28/h9-14,23H,15H2,1-8H3,(H,31,32). The van der Waals surface area contributed by atoms with E-state index in [-0.39, 0.29) is 11.2 Å². The van der Waals surface area contributed by atoms with Crippen LogP contribution < -0.4 is 4.74 Å². The molecule has 0 heterocycles. The maximum Gasteiger partial charge on any atom is 0.340 e. The Morgan fingerprint density at radius 1 is 1.06 bits per heavy atom. The van der Waals surface area contributed by atoms with Gasteiger partial charge in [0, 0.05) is 17.2 Å². The van der Waals surface area contributed by atoms with Gasteiger partial charge in [-0.05, 0) is 47.5 Å². The smallest absolute Gasteiger partial charge is 0.340 e. The van der Waals surface area contributed by atoms with Crippen molar-refractivity contribution in [2.45, 2.75) is 78.6 Å². The summed E-state index contributed by atoms with van der Waals surface area (Å²) in [6.07, 6.45) is 2.16. The molecular weight excluding hydrogens is 436 g/mol. The predicted octanol–water partition coefficient (Wildman–Crippen LogP) is 7.55. The molecular formula is C26H34F4O3. The predicted molar refractivity (Wildman–Crippen MR) is 124 cm³/mol. The Labute approximate surface area is 193 Å². The summed E-state index contributed by atoms with van der Waals surface area (Å²) < 4.78 is 58.3. The Balaban J connectivity index is 3.70. The lowest BCUT2D eigenvalue weighted by molar-refractivity contribution is -0.148. The number of aliphatic carboxylic acids is 1. The number of hydrogen-bond acceptors (Lipinski definition) is 2. The molecule has 0 aliphatic carbocycles. The molecule has 0 bridgehead atoms. The molecule has 0 saturated heterocycles. The van der Waals surface area contributed by atoms with Gasteiger partial charge in [-0.25, -0.2) is 13.6 Å². The molecule has 0 unspecified atom stereocenters. The third kappa shape index (κ3) is 8.37. The van der Waals surface area contributed by atoms with Gasteiger partial charge in [0.05, 0.1) is 0 Å². The van der Waals surface area contributed by atoms with Crippen LogP contribution in [0.2, 0.25) is 0 Å². The SMILES string of the molecule is CC(C=CC=C(C)c1cc(C(C)(C)C)cc(C(C)(C)C)c1OCC(F)(F)C(F)F)=CC(=O)O. The summed E-state index contributed by atoms with van der Waals surface area (Å²) in [4.78, 5) is 10.8. The summed E-state index contributed by atoms with van der Waals surface area (Å²) in [5, 5.41) is 8.83. The summed E-state index contributed by atoms with van der Waals surface area (Å²) in [7, 11) is 0. The number of carbonyl (C=O) groups is 1. The second-order valence-electron chi connectivity index (χ2n) is 10.2. The van der Waals surface area contributed by atoms with Crippen LogP contribution in [0.15, 0.2) is 42.0 Å². The minimum absolute atomic E-state index is 0.135. The summed E-state index contributed by atoms with van der Waals surface area (Å²) in [6.45, 7) is 13.7. The zero-order valence-corrected chi connectivity index (χ0v) is 20.5. The van der Waals surface area contributed by atoms with E-state index in [0.29, 0.717) is 22.3 Å². The third-order valence-corrected chi connectivity index (χ3v) is 4.97. The fourth-order valence-corrected chi connectivity index (χ4v) is 2.98. The zero-order chi connectivity index (χ0) is 25.8. The van der Waals surface area contributed by atoms with E-state index in [0.717, 1.165) is 11.6 Å². The van der Waals surface area contributed by atoms with Crippen LogP contribution in [0, 0.1) is 0 Å². The average molecular weight is 471 g/mol. The number of ether oxygens (including phenoxy) is 1. The van der Waals surface area contributed by atoms with E-state index in [1.54, 1.807) is 32.1 Å². The van der Waals surface area contributed by atoms with Gasteiger partial charge < -0.3 is 9.84 Å². The van der Waals surface area contributed by atoms with Gasteiger partial charge >= 0.3 is 18.3 Å². The zero-order valence-electron chi connectivity index (χ0n) is 20.5. The van der Waals surface area contributed by atoms with Gasteiger partial charge in [-0.1, -0.05) is 65.8 Å². The first-order chi connectivity index (χ1) is 14.9. The topological polar surface area (TPSA) is 46.5 Å². The molecule has 0 fully saturated rings. The van der Waals surface area contributed by atoms with Gasteiger partial charge in [0.25, 0.3) is 0 Å². The summed E-state index contributed by atoms with van der Waals surface area (Å²) >= 11 is 0. The Morgan fingerprint density at radius 3 is 2.09 bits per heavy atom. The molecule has 0 radical (unpaired) electrons. The molecule has 1 rings (SSSR count). The number of alkyl halides is 4. The van der Waals surface area contributed by atoms with E-state index in [4.69, 9.17) is 9.84 Å². The fourth-order valence-electron chi connectivity index (χ4n) is 2.98. The van der Waals surface area contributed by atoms with Crippen molar-refractivity contribution in [3.63, 3.8) is 0 Å². The van der Waals surface area contributed by atoms with E-state index in [1.807, 2.05) is 53.7 Å². The molecule has 0 saturated carbocycles. The van der Waals surface area contributed by atoms with Crippen LogP contribution in [0.25, 0.3) is 5.57 Å². The number of carboxylic acids is 1. The van der Waals surface area contributed by atoms with Crippen molar-refractivity contribution in [3.8, 4) is 5.75 Å². The quantitative estimate of drug-likeness (QED) is 0.242. The van der Waals surface area contributed by atoms with Crippen molar-refractivity contribution in [1.29, 1.82) is 0 Å².